The van der Waals surface area contributed by atoms with Crippen molar-refractivity contribution < 1.29 is 4.42 Å². The van der Waals surface area contributed by atoms with E-state index in [4.69, 9.17) is 10.2 Å². The van der Waals surface area contributed by atoms with Crippen LogP contribution in [0.2, 0.25) is 0 Å². The molecule has 104 valence electrons. The molecule has 1 rings (SSSR count). The van der Waals surface area contributed by atoms with Crippen molar-refractivity contribution >= 4 is 0 Å². The molecule has 0 radical (unpaired) electrons. The summed E-state index contributed by atoms with van der Waals surface area (Å²) >= 11 is 0. The molecule has 0 saturated carbocycles. The van der Waals surface area contributed by atoms with Crippen LogP contribution in [0.3, 0.4) is 0 Å². The van der Waals surface area contributed by atoms with Crippen molar-refractivity contribution in [2.24, 2.45) is 17.1 Å². The van der Waals surface area contributed by atoms with Crippen molar-refractivity contribution in [2.45, 2.75) is 40.7 Å². The summed E-state index contributed by atoms with van der Waals surface area (Å²) in [6.07, 6.45) is 1.16. The largest absolute Gasteiger partial charge is 0.465 e. The number of rotatable bonds is 6. The molecule has 18 heavy (non-hydrogen) atoms. The van der Waals surface area contributed by atoms with Crippen molar-refractivity contribution in [3.05, 3.63) is 23.7 Å². The minimum atomic E-state index is 0.339. The normalized spacial score (nSPS) is 14.2. The van der Waals surface area contributed by atoms with Crippen LogP contribution in [-0.2, 0) is 6.54 Å². The highest BCUT2D eigenvalue weighted by Gasteiger charge is 2.19. The maximum absolute atomic E-state index is 5.88. The van der Waals surface area contributed by atoms with Gasteiger partial charge in [0, 0.05) is 6.54 Å². The van der Waals surface area contributed by atoms with E-state index in [0.29, 0.717) is 11.3 Å². The van der Waals surface area contributed by atoms with Gasteiger partial charge < -0.3 is 10.2 Å². The minimum absolute atomic E-state index is 0.339. The van der Waals surface area contributed by atoms with E-state index in [9.17, 15) is 0 Å². The summed E-state index contributed by atoms with van der Waals surface area (Å²) in [5, 5.41) is 0. The first-order valence-corrected chi connectivity index (χ1v) is 6.74. The van der Waals surface area contributed by atoms with Gasteiger partial charge in [-0.25, -0.2) is 0 Å². The molecule has 0 spiro atoms. The van der Waals surface area contributed by atoms with Gasteiger partial charge in [0.1, 0.15) is 11.5 Å². The zero-order chi connectivity index (χ0) is 13.8. The molecule has 0 fully saturated rings. The summed E-state index contributed by atoms with van der Waals surface area (Å²) in [5.41, 5.74) is 6.22. The predicted octanol–water partition coefficient (Wildman–Crippen LogP) is 3.03. The second-order valence-corrected chi connectivity index (χ2v) is 6.58. The Balaban J connectivity index is 2.44. The number of aryl methyl sites for hydroxylation is 1. The molecule has 0 aliphatic heterocycles. The lowest BCUT2D eigenvalue weighted by Crippen LogP contribution is -2.32. The van der Waals surface area contributed by atoms with Gasteiger partial charge in [-0.2, -0.15) is 0 Å². The standard InChI is InChI=1S/C15H28N2O/c1-12-6-7-14(18-12)11-17(5)10-13(9-16)8-15(2,3)4/h6-7,13H,8-11,16H2,1-5H3. The first kappa shape index (κ1) is 15.3. The average molecular weight is 252 g/mol. The molecule has 1 aromatic rings. The second kappa shape index (κ2) is 6.39. The van der Waals surface area contributed by atoms with Crippen LogP contribution in [-0.4, -0.2) is 25.0 Å². The molecule has 3 nitrogen and oxygen atoms in total. The Kier molecular flexibility index (Phi) is 5.42. The Hall–Kier alpha value is -0.800. The molecule has 0 aromatic carbocycles. The highest BCUT2D eigenvalue weighted by atomic mass is 16.3. The molecule has 1 unspecified atom stereocenters. The van der Waals surface area contributed by atoms with E-state index >= 15 is 0 Å². The molecule has 0 aliphatic carbocycles. The van der Waals surface area contributed by atoms with E-state index < -0.39 is 0 Å². The Morgan fingerprint density at radius 2 is 2.00 bits per heavy atom. The van der Waals surface area contributed by atoms with Crippen molar-refractivity contribution in [3.8, 4) is 0 Å². The van der Waals surface area contributed by atoms with Crippen LogP contribution in [0, 0.1) is 18.3 Å². The van der Waals surface area contributed by atoms with E-state index in [0.717, 1.165) is 37.6 Å². The molecule has 2 N–H and O–H groups in total. The van der Waals surface area contributed by atoms with Crippen LogP contribution in [0.5, 0.6) is 0 Å². The van der Waals surface area contributed by atoms with Crippen molar-refractivity contribution in [3.63, 3.8) is 0 Å². The summed E-state index contributed by atoms with van der Waals surface area (Å²) in [6, 6.07) is 4.06. The summed E-state index contributed by atoms with van der Waals surface area (Å²) in [7, 11) is 2.13. The Morgan fingerprint density at radius 1 is 1.33 bits per heavy atom. The summed E-state index contributed by atoms with van der Waals surface area (Å²) < 4.78 is 5.60. The third kappa shape index (κ3) is 5.69. The Labute approximate surface area is 111 Å². The fourth-order valence-corrected chi connectivity index (χ4v) is 2.43. The lowest BCUT2D eigenvalue weighted by molar-refractivity contribution is 0.206. The van der Waals surface area contributed by atoms with Crippen molar-refractivity contribution in [2.75, 3.05) is 20.1 Å². The molecule has 1 atom stereocenters. The van der Waals surface area contributed by atoms with E-state index in [1.165, 1.54) is 0 Å². The average Bonchev–Trinajstić information content (AvgIpc) is 2.60. The van der Waals surface area contributed by atoms with Gasteiger partial charge in [-0.05, 0) is 50.4 Å². The van der Waals surface area contributed by atoms with Crippen molar-refractivity contribution in [1.82, 2.24) is 4.90 Å². The van der Waals surface area contributed by atoms with Gasteiger partial charge >= 0.3 is 0 Å². The number of furan rings is 1. The van der Waals surface area contributed by atoms with Crippen LogP contribution in [0.4, 0.5) is 0 Å². The second-order valence-electron chi connectivity index (χ2n) is 6.58. The monoisotopic (exact) mass is 252 g/mol. The lowest BCUT2D eigenvalue weighted by atomic mass is 9.84. The lowest BCUT2D eigenvalue weighted by Gasteiger charge is -2.28. The van der Waals surface area contributed by atoms with Gasteiger partial charge in [0.25, 0.3) is 0 Å². The van der Waals surface area contributed by atoms with Gasteiger partial charge in [0.05, 0.1) is 6.54 Å². The van der Waals surface area contributed by atoms with Crippen LogP contribution >= 0.6 is 0 Å². The van der Waals surface area contributed by atoms with E-state index in [-0.39, 0.29) is 0 Å². The van der Waals surface area contributed by atoms with Gasteiger partial charge in [0.2, 0.25) is 0 Å². The van der Waals surface area contributed by atoms with E-state index in [2.05, 4.69) is 32.7 Å². The fourth-order valence-electron chi connectivity index (χ4n) is 2.43. The number of nitrogens with zero attached hydrogens (tertiary/aromatic N) is 1. The van der Waals surface area contributed by atoms with Gasteiger partial charge in [0.15, 0.2) is 0 Å². The maximum Gasteiger partial charge on any atom is 0.118 e. The highest BCUT2D eigenvalue weighted by molar-refractivity contribution is 5.05. The van der Waals surface area contributed by atoms with Gasteiger partial charge in [-0.1, -0.05) is 20.8 Å². The molecule has 1 heterocycles. The van der Waals surface area contributed by atoms with Crippen LogP contribution in [0.15, 0.2) is 16.5 Å². The maximum atomic E-state index is 5.88. The molecule has 0 bridgehead atoms. The van der Waals surface area contributed by atoms with Gasteiger partial charge in [-0.15, -0.1) is 0 Å². The molecule has 0 saturated heterocycles. The molecule has 0 amide bonds. The summed E-state index contributed by atoms with van der Waals surface area (Å²) in [5.74, 6) is 2.55. The molecular formula is C15H28N2O. The fraction of sp³-hybridized carbons (Fsp3) is 0.733. The summed E-state index contributed by atoms with van der Waals surface area (Å²) in [4.78, 5) is 2.29. The van der Waals surface area contributed by atoms with Crippen molar-refractivity contribution in [1.29, 1.82) is 0 Å². The predicted molar refractivity (Wildman–Crippen MR) is 76.4 cm³/mol. The zero-order valence-corrected chi connectivity index (χ0v) is 12.5. The molecular weight excluding hydrogens is 224 g/mol. The zero-order valence-electron chi connectivity index (χ0n) is 12.5. The van der Waals surface area contributed by atoms with E-state index in [1.807, 2.05) is 19.1 Å². The third-order valence-electron chi connectivity index (χ3n) is 3.03. The Bertz CT molecular complexity index is 352. The van der Waals surface area contributed by atoms with Crippen LogP contribution in [0.25, 0.3) is 0 Å². The molecule has 3 heteroatoms. The first-order chi connectivity index (χ1) is 8.30. The summed E-state index contributed by atoms with van der Waals surface area (Å²) in [6.45, 7) is 11.4. The van der Waals surface area contributed by atoms with Crippen LogP contribution < -0.4 is 5.73 Å². The quantitative estimate of drug-likeness (QED) is 0.846. The Morgan fingerprint density at radius 3 is 2.44 bits per heavy atom. The minimum Gasteiger partial charge on any atom is -0.465 e. The SMILES string of the molecule is Cc1ccc(CN(C)CC(CN)CC(C)(C)C)o1. The highest BCUT2D eigenvalue weighted by Crippen LogP contribution is 2.24. The molecule has 0 aliphatic rings. The number of nitrogens with two attached hydrogens (primary N) is 1. The first-order valence-electron chi connectivity index (χ1n) is 6.74. The van der Waals surface area contributed by atoms with Crippen LogP contribution in [0.1, 0.15) is 38.7 Å². The number of hydrogen-bond acceptors (Lipinski definition) is 3. The number of hydrogen-bond donors (Lipinski definition) is 1. The van der Waals surface area contributed by atoms with E-state index in [1.54, 1.807) is 0 Å². The van der Waals surface area contributed by atoms with Gasteiger partial charge in [-0.3, -0.25) is 4.90 Å². The topological polar surface area (TPSA) is 42.4 Å². The molecule has 1 aromatic heterocycles. The smallest absolute Gasteiger partial charge is 0.118 e. The third-order valence-corrected chi connectivity index (χ3v) is 3.03.